The summed E-state index contributed by atoms with van der Waals surface area (Å²) in [6.07, 6.45) is 2.08. The average Bonchev–Trinajstić information content (AvgIpc) is 3.11. The molecule has 3 rings (SSSR count). The maximum Gasteiger partial charge on any atom is 0.255 e. The smallest absolute Gasteiger partial charge is 0.255 e. The third-order valence-corrected chi connectivity index (χ3v) is 3.42. The molecule has 0 radical (unpaired) electrons. The van der Waals surface area contributed by atoms with E-state index in [4.69, 9.17) is 16.1 Å². The molecule has 0 bridgehead atoms. The van der Waals surface area contributed by atoms with Gasteiger partial charge in [0.25, 0.3) is 5.56 Å². The number of aromatic nitrogens is 4. The molecule has 0 N–H and O–H groups in total. The lowest BCUT2D eigenvalue weighted by atomic mass is 10.2. The minimum Gasteiger partial charge on any atom is -0.339 e. The summed E-state index contributed by atoms with van der Waals surface area (Å²) in [4.78, 5) is 20.7. The van der Waals surface area contributed by atoms with Gasteiger partial charge in [-0.3, -0.25) is 9.36 Å². The van der Waals surface area contributed by atoms with Crippen LogP contribution in [0.5, 0.6) is 0 Å². The van der Waals surface area contributed by atoms with Crippen LogP contribution < -0.4 is 5.56 Å². The van der Waals surface area contributed by atoms with Crippen molar-refractivity contribution in [3.05, 3.63) is 39.1 Å². The van der Waals surface area contributed by atoms with Crippen LogP contribution in [-0.4, -0.2) is 19.7 Å². The Labute approximate surface area is 120 Å². The summed E-state index contributed by atoms with van der Waals surface area (Å²) in [5.41, 5.74) is -0.178. The molecule has 6 nitrogen and oxygen atoms in total. The summed E-state index contributed by atoms with van der Waals surface area (Å²) < 4.78 is 6.74. The third-order valence-electron chi connectivity index (χ3n) is 3.23. The molecule has 1 aliphatic carbocycles. The summed E-state index contributed by atoms with van der Waals surface area (Å²) >= 11 is 5.87. The number of rotatable bonds is 4. The zero-order chi connectivity index (χ0) is 14.3. The molecular formula is C13H15ClN4O2. The summed E-state index contributed by atoms with van der Waals surface area (Å²) in [5, 5.41) is 4.15. The Bertz CT molecular complexity index is 688. The molecule has 0 aliphatic heterocycles. The molecule has 106 valence electrons. The minimum atomic E-state index is -0.178. The largest absolute Gasteiger partial charge is 0.339 e. The van der Waals surface area contributed by atoms with E-state index in [9.17, 15) is 4.79 Å². The van der Waals surface area contributed by atoms with Crippen LogP contribution in [0.25, 0.3) is 0 Å². The fraction of sp³-hybridized carbons (Fsp3) is 0.538. The quantitative estimate of drug-likeness (QED) is 0.809. The lowest BCUT2D eigenvalue weighted by Gasteiger charge is -2.09. The highest BCUT2D eigenvalue weighted by molar-refractivity contribution is 6.29. The predicted molar refractivity (Wildman–Crippen MR) is 73.0 cm³/mol. The van der Waals surface area contributed by atoms with Crippen LogP contribution in [0.1, 0.15) is 56.1 Å². The van der Waals surface area contributed by atoms with Crippen molar-refractivity contribution in [2.45, 2.75) is 45.1 Å². The van der Waals surface area contributed by atoms with Gasteiger partial charge in [0.05, 0.1) is 6.54 Å². The highest BCUT2D eigenvalue weighted by Crippen LogP contribution is 2.38. The van der Waals surface area contributed by atoms with Gasteiger partial charge < -0.3 is 4.52 Å². The van der Waals surface area contributed by atoms with Crippen molar-refractivity contribution in [1.29, 1.82) is 0 Å². The molecule has 20 heavy (non-hydrogen) atoms. The van der Waals surface area contributed by atoms with Crippen molar-refractivity contribution in [2.75, 3.05) is 0 Å². The van der Waals surface area contributed by atoms with E-state index in [1.165, 1.54) is 6.07 Å². The SMILES string of the molecule is CC(C)c1nc(Cn2c(C3CC3)nc(Cl)cc2=O)no1. The first-order valence-electron chi connectivity index (χ1n) is 6.64. The molecule has 0 saturated heterocycles. The molecule has 0 aromatic carbocycles. The molecule has 1 fully saturated rings. The highest BCUT2D eigenvalue weighted by atomic mass is 35.5. The second-order valence-corrected chi connectivity index (χ2v) is 5.73. The molecule has 1 saturated carbocycles. The van der Waals surface area contributed by atoms with E-state index >= 15 is 0 Å². The Morgan fingerprint density at radius 3 is 2.80 bits per heavy atom. The Balaban J connectivity index is 1.95. The van der Waals surface area contributed by atoms with Gasteiger partial charge in [-0.05, 0) is 12.8 Å². The van der Waals surface area contributed by atoms with E-state index in [1.54, 1.807) is 4.57 Å². The molecule has 0 spiro atoms. The number of hydrogen-bond donors (Lipinski definition) is 0. The molecule has 0 atom stereocenters. The van der Waals surface area contributed by atoms with Crippen molar-refractivity contribution in [3.8, 4) is 0 Å². The van der Waals surface area contributed by atoms with E-state index in [0.29, 0.717) is 17.6 Å². The first kappa shape index (κ1) is 13.3. The van der Waals surface area contributed by atoms with Crippen molar-refractivity contribution >= 4 is 11.6 Å². The summed E-state index contributed by atoms with van der Waals surface area (Å²) in [6.45, 7) is 4.22. The summed E-state index contributed by atoms with van der Waals surface area (Å²) in [5.74, 6) is 2.26. The van der Waals surface area contributed by atoms with Crippen LogP contribution in [0.15, 0.2) is 15.4 Å². The van der Waals surface area contributed by atoms with Crippen molar-refractivity contribution < 1.29 is 4.52 Å². The molecule has 2 aromatic rings. The second kappa shape index (κ2) is 5.01. The number of hydrogen-bond acceptors (Lipinski definition) is 5. The molecule has 2 aromatic heterocycles. The first-order chi connectivity index (χ1) is 9.54. The zero-order valence-corrected chi connectivity index (χ0v) is 12.1. The van der Waals surface area contributed by atoms with Crippen LogP contribution in [0, 0.1) is 0 Å². The normalized spacial score (nSPS) is 15.0. The maximum atomic E-state index is 12.1. The number of halogens is 1. The predicted octanol–water partition coefficient (Wildman–Crippen LogP) is 2.33. The first-order valence-corrected chi connectivity index (χ1v) is 7.02. The summed E-state index contributed by atoms with van der Waals surface area (Å²) in [6, 6.07) is 1.32. The Kier molecular flexibility index (Phi) is 3.33. The van der Waals surface area contributed by atoms with E-state index in [2.05, 4.69) is 15.1 Å². The Hall–Kier alpha value is -1.69. The number of nitrogens with zero attached hydrogens (tertiary/aromatic N) is 4. The zero-order valence-electron chi connectivity index (χ0n) is 11.3. The van der Waals surface area contributed by atoms with Crippen molar-refractivity contribution in [2.24, 2.45) is 0 Å². The van der Waals surface area contributed by atoms with E-state index in [1.807, 2.05) is 13.8 Å². The molecular weight excluding hydrogens is 280 g/mol. The van der Waals surface area contributed by atoms with Crippen LogP contribution in [0.4, 0.5) is 0 Å². The van der Waals surface area contributed by atoms with Crippen LogP contribution in [-0.2, 0) is 6.54 Å². The van der Waals surface area contributed by atoms with Gasteiger partial charge in [-0.2, -0.15) is 4.98 Å². The fourth-order valence-corrected chi connectivity index (χ4v) is 2.19. The molecule has 0 amide bonds. The topological polar surface area (TPSA) is 73.8 Å². The second-order valence-electron chi connectivity index (χ2n) is 5.34. The van der Waals surface area contributed by atoms with Crippen molar-refractivity contribution in [1.82, 2.24) is 19.7 Å². The third kappa shape index (κ3) is 2.60. The fourth-order valence-electron chi connectivity index (χ4n) is 2.01. The van der Waals surface area contributed by atoms with Crippen LogP contribution in [0.3, 0.4) is 0 Å². The van der Waals surface area contributed by atoms with Crippen LogP contribution in [0.2, 0.25) is 5.15 Å². The molecule has 7 heteroatoms. The molecule has 1 aliphatic rings. The van der Waals surface area contributed by atoms with Crippen molar-refractivity contribution in [3.63, 3.8) is 0 Å². The lowest BCUT2D eigenvalue weighted by molar-refractivity contribution is 0.359. The van der Waals surface area contributed by atoms with Gasteiger partial charge in [0.2, 0.25) is 5.89 Å². The summed E-state index contributed by atoms with van der Waals surface area (Å²) in [7, 11) is 0. The average molecular weight is 295 g/mol. The van der Waals surface area contributed by atoms with Gasteiger partial charge in [-0.1, -0.05) is 30.6 Å². The Morgan fingerprint density at radius 1 is 1.45 bits per heavy atom. The van der Waals surface area contributed by atoms with Gasteiger partial charge >= 0.3 is 0 Å². The van der Waals surface area contributed by atoms with Crippen LogP contribution >= 0.6 is 11.6 Å². The van der Waals surface area contributed by atoms with E-state index in [0.717, 1.165) is 18.7 Å². The van der Waals surface area contributed by atoms with Gasteiger partial charge in [0.15, 0.2) is 5.82 Å². The van der Waals surface area contributed by atoms with E-state index < -0.39 is 0 Å². The van der Waals surface area contributed by atoms with Gasteiger partial charge in [0, 0.05) is 17.9 Å². The van der Waals surface area contributed by atoms with Gasteiger partial charge in [-0.15, -0.1) is 0 Å². The Morgan fingerprint density at radius 2 is 2.20 bits per heavy atom. The minimum absolute atomic E-state index is 0.166. The monoisotopic (exact) mass is 294 g/mol. The van der Waals surface area contributed by atoms with Gasteiger partial charge in [0.1, 0.15) is 11.0 Å². The van der Waals surface area contributed by atoms with Gasteiger partial charge in [-0.25, -0.2) is 4.98 Å². The maximum absolute atomic E-state index is 12.1. The highest BCUT2D eigenvalue weighted by Gasteiger charge is 2.29. The van der Waals surface area contributed by atoms with E-state index in [-0.39, 0.29) is 23.2 Å². The molecule has 2 heterocycles. The lowest BCUT2D eigenvalue weighted by Crippen LogP contribution is -2.25. The standard InChI is InChI=1S/C13H15ClN4O2/c1-7(2)13-16-10(17-20-13)6-18-11(19)5-9(14)15-12(18)8-3-4-8/h5,7-8H,3-4,6H2,1-2H3. The molecule has 0 unspecified atom stereocenters.